The van der Waals surface area contributed by atoms with Gasteiger partial charge in [-0.2, -0.15) is 0 Å². The number of nitrogens with one attached hydrogen (secondary N) is 2. The molecule has 6 nitrogen and oxygen atoms in total. The summed E-state index contributed by atoms with van der Waals surface area (Å²) in [6.07, 6.45) is 0. The lowest BCUT2D eigenvalue weighted by molar-refractivity contribution is -0.114. The highest BCUT2D eigenvalue weighted by Crippen LogP contribution is 2.14. The molecule has 0 aliphatic carbocycles. The molecule has 2 rings (SSSR count). The summed E-state index contributed by atoms with van der Waals surface area (Å²) in [4.78, 5) is 15.7. The van der Waals surface area contributed by atoms with Crippen LogP contribution in [0, 0.1) is 5.82 Å². The molecule has 1 amide bonds. The van der Waals surface area contributed by atoms with Crippen molar-refractivity contribution in [2.45, 2.75) is 0 Å². The van der Waals surface area contributed by atoms with Crippen LogP contribution < -0.4 is 21.1 Å². The van der Waals surface area contributed by atoms with Crippen LogP contribution in [0.3, 0.4) is 0 Å². The SMILES string of the molecule is COc1ccc(NC(N)=NCC(=O)Nc2cccc(F)c2)cc1.I. The molecule has 0 heterocycles. The average Bonchev–Trinajstić information content (AvgIpc) is 2.54. The number of rotatable bonds is 5. The standard InChI is InChI=1S/C16H17FN4O2.HI/c1-23-14-7-5-12(6-8-14)21-16(18)19-10-15(22)20-13-4-2-3-11(17)9-13;/h2-9H,10H2,1H3,(H,20,22)(H3,18,19,21);1H. The Morgan fingerprint density at radius 2 is 1.88 bits per heavy atom. The summed E-state index contributed by atoms with van der Waals surface area (Å²) >= 11 is 0. The van der Waals surface area contributed by atoms with Gasteiger partial charge in [-0.05, 0) is 42.5 Å². The van der Waals surface area contributed by atoms with Gasteiger partial charge in [-0.15, -0.1) is 24.0 Å². The minimum absolute atomic E-state index is 0. The summed E-state index contributed by atoms with van der Waals surface area (Å²) in [5, 5.41) is 5.38. The number of benzene rings is 2. The molecule has 0 spiro atoms. The normalized spacial score (nSPS) is 10.5. The van der Waals surface area contributed by atoms with Crippen LogP contribution in [0.4, 0.5) is 15.8 Å². The summed E-state index contributed by atoms with van der Waals surface area (Å²) in [6, 6.07) is 12.7. The topological polar surface area (TPSA) is 88.7 Å². The molecule has 128 valence electrons. The third-order valence-corrected chi connectivity index (χ3v) is 2.86. The fraction of sp³-hybridized carbons (Fsp3) is 0.125. The molecule has 0 unspecified atom stereocenters. The van der Waals surface area contributed by atoms with Crippen LogP contribution in [0.25, 0.3) is 0 Å². The van der Waals surface area contributed by atoms with Gasteiger partial charge in [0.2, 0.25) is 5.91 Å². The van der Waals surface area contributed by atoms with Gasteiger partial charge in [0.05, 0.1) is 7.11 Å². The van der Waals surface area contributed by atoms with Gasteiger partial charge in [0.1, 0.15) is 18.1 Å². The lowest BCUT2D eigenvalue weighted by Crippen LogP contribution is -2.25. The Bertz CT molecular complexity index is 707. The number of carbonyl (C=O) groups is 1. The molecule has 24 heavy (non-hydrogen) atoms. The molecule has 8 heteroatoms. The van der Waals surface area contributed by atoms with Gasteiger partial charge in [0.25, 0.3) is 0 Å². The number of ether oxygens (including phenoxy) is 1. The molecule has 0 aromatic heterocycles. The molecule has 0 saturated carbocycles. The molecule has 0 aliphatic heterocycles. The number of nitrogens with zero attached hydrogens (tertiary/aromatic N) is 1. The number of amides is 1. The van der Waals surface area contributed by atoms with Crippen LogP contribution in [-0.4, -0.2) is 25.5 Å². The number of hydrogen-bond acceptors (Lipinski definition) is 3. The molecule has 0 atom stereocenters. The highest BCUT2D eigenvalue weighted by Gasteiger charge is 2.03. The van der Waals surface area contributed by atoms with Crippen molar-refractivity contribution in [2.24, 2.45) is 10.7 Å². The maximum Gasteiger partial charge on any atom is 0.246 e. The van der Waals surface area contributed by atoms with E-state index in [0.29, 0.717) is 5.69 Å². The van der Waals surface area contributed by atoms with Crippen molar-refractivity contribution >= 4 is 47.2 Å². The van der Waals surface area contributed by atoms with Crippen molar-refractivity contribution in [3.8, 4) is 5.75 Å². The van der Waals surface area contributed by atoms with Crippen molar-refractivity contribution in [1.29, 1.82) is 0 Å². The van der Waals surface area contributed by atoms with Crippen LogP contribution in [0.1, 0.15) is 0 Å². The van der Waals surface area contributed by atoms with Crippen molar-refractivity contribution in [2.75, 3.05) is 24.3 Å². The van der Waals surface area contributed by atoms with Gasteiger partial charge < -0.3 is 21.1 Å². The van der Waals surface area contributed by atoms with E-state index in [9.17, 15) is 9.18 Å². The predicted octanol–water partition coefficient (Wildman–Crippen LogP) is 2.82. The predicted molar refractivity (Wildman–Crippen MR) is 104 cm³/mol. The number of methoxy groups -OCH3 is 1. The van der Waals surface area contributed by atoms with Crippen molar-refractivity contribution in [3.05, 3.63) is 54.3 Å². The van der Waals surface area contributed by atoms with Crippen LogP contribution in [-0.2, 0) is 4.79 Å². The maximum atomic E-state index is 13.0. The van der Waals surface area contributed by atoms with Crippen LogP contribution in [0.5, 0.6) is 5.75 Å². The zero-order chi connectivity index (χ0) is 16.7. The molecule has 0 aliphatic rings. The van der Waals surface area contributed by atoms with Gasteiger partial charge in [-0.25, -0.2) is 9.38 Å². The Labute approximate surface area is 156 Å². The minimum atomic E-state index is -0.424. The fourth-order valence-corrected chi connectivity index (χ4v) is 1.79. The molecule has 2 aromatic carbocycles. The largest absolute Gasteiger partial charge is 0.497 e. The first-order chi connectivity index (χ1) is 11.1. The molecule has 0 saturated heterocycles. The number of nitrogens with two attached hydrogens (primary N) is 1. The first-order valence-corrected chi connectivity index (χ1v) is 6.83. The van der Waals surface area contributed by atoms with Gasteiger partial charge in [0, 0.05) is 11.4 Å². The average molecular weight is 444 g/mol. The number of hydrogen-bond donors (Lipinski definition) is 3. The maximum absolute atomic E-state index is 13.0. The summed E-state index contributed by atoms with van der Waals surface area (Å²) in [5.41, 5.74) is 6.80. The van der Waals surface area contributed by atoms with E-state index in [1.807, 2.05) is 0 Å². The smallest absolute Gasteiger partial charge is 0.246 e. The van der Waals surface area contributed by atoms with E-state index < -0.39 is 11.7 Å². The zero-order valence-corrected chi connectivity index (χ0v) is 15.3. The number of aliphatic imine (C=N–C) groups is 1. The Balaban J connectivity index is 0.00000288. The zero-order valence-electron chi connectivity index (χ0n) is 13.0. The van der Waals surface area contributed by atoms with E-state index in [1.54, 1.807) is 37.4 Å². The quantitative estimate of drug-likeness (QED) is 0.376. The van der Waals surface area contributed by atoms with E-state index >= 15 is 0 Å². The van der Waals surface area contributed by atoms with Crippen LogP contribution >= 0.6 is 24.0 Å². The summed E-state index contributed by atoms with van der Waals surface area (Å²) < 4.78 is 18.1. The van der Waals surface area contributed by atoms with Crippen molar-refractivity contribution in [1.82, 2.24) is 0 Å². The van der Waals surface area contributed by atoms with E-state index in [0.717, 1.165) is 11.4 Å². The number of guanidine groups is 1. The van der Waals surface area contributed by atoms with Gasteiger partial charge >= 0.3 is 0 Å². The van der Waals surface area contributed by atoms with Gasteiger partial charge in [0.15, 0.2) is 5.96 Å². The van der Waals surface area contributed by atoms with Crippen molar-refractivity contribution < 1.29 is 13.9 Å². The van der Waals surface area contributed by atoms with Gasteiger partial charge in [-0.1, -0.05) is 6.07 Å². The number of anilines is 2. The summed E-state index contributed by atoms with van der Waals surface area (Å²) in [5.74, 6) is 0.00663. The molecular formula is C16H18FIN4O2. The molecule has 0 fully saturated rings. The fourth-order valence-electron chi connectivity index (χ4n) is 1.79. The van der Waals surface area contributed by atoms with Gasteiger partial charge in [-0.3, -0.25) is 4.79 Å². The summed E-state index contributed by atoms with van der Waals surface area (Å²) in [6.45, 7) is -0.175. The summed E-state index contributed by atoms with van der Waals surface area (Å²) in [7, 11) is 1.58. The highest BCUT2D eigenvalue weighted by atomic mass is 127. The highest BCUT2D eigenvalue weighted by molar-refractivity contribution is 14.0. The first kappa shape index (κ1) is 19.7. The third kappa shape index (κ3) is 6.41. The van der Waals surface area contributed by atoms with E-state index in [4.69, 9.17) is 10.5 Å². The second-order valence-corrected chi connectivity index (χ2v) is 4.61. The lowest BCUT2D eigenvalue weighted by atomic mass is 10.3. The second kappa shape index (κ2) is 9.71. The lowest BCUT2D eigenvalue weighted by Gasteiger charge is -2.07. The Kier molecular flexibility index (Phi) is 7.96. The minimum Gasteiger partial charge on any atom is -0.497 e. The van der Waals surface area contributed by atoms with E-state index in [1.165, 1.54) is 18.2 Å². The molecule has 0 bridgehead atoms. The second-order valence-electron chi connectivity index (χ2n) is 4.61. The molecule has 0 radical (unpaired) electrons. The monoisotopic (exact) mass is 444 g/mol. The molecular weight excluding hydrogens is 426 g/mol. The third-order valence-electron chi connectivity index (χ3n) is 2.86. The molecule has 2 aromatic rings. The molecule has 4 N–H and O–H groups in total. The van der Waals surface area contributed by atoms with Crippen LogP contribution in [0.2, 0.25) is 0 Å². The Morgan fingerprint density at radius 3 is 2.50 bits per heavy atom. The van der Waals surface area contributed by atoms with Crippen molar-refractivity contribution in [3.63, 3.8) is 0 Å². The van der Waals surface area contributed by atoms with E-state index in [-0.39, 0.29) is 36.5 Å². The first-order valence-electron chi connectivity index (χ1n) is 6.83. The Hall–Kier alpha value is -2.36. The van der Waals surface area contributed by atoms with E-state index in [2.05, 4.69) is 15.6 Å². The Morgan fingerprint density at radius 1 is 1.17 bits per heavy atom. The number of halogens is 2. The number of carbonyl (C=O) groups excluding carboxylic acids is 1. The van der Waals surface area contributed by atoms with Crippen LogP contribution in [0.15, 0.2) is 53.5 Å².